The Morgan fingerprint density at radius 2 is 1.67 bits per heavy atom. The smallest absolute Gasteiger partial charge is 0.345 e. The first-order valence-electron chi connectivity index (χ1n) is 9.41. The first kappa shape index (κ1) is 23.8. The van der Waals surface area contributed by atoms with Crippen LogP contribution >= 0.6 is 23.2 Å². The van der Waals surface area contributed by atoms with Crippen molar-refractivity contribution in [1.82, 2.24) is 5.43 Å². The van der Waals surface area contributed by atoms with Gasteiger partial charge in [0.1, 0.15) is 11.5 Å². The van der Waals surface area contributed by atoms with Crippen LogP contribution < -0.4 is 20.2 Å². The second-order valence-corrected chi connectivity index (χ2v) is 7.31. The SMILES string of the molecule is COc1cccc(NC(=O)C(=O)N/N=C\c2ccc(OC(=O)c3ccc(Cl)cc3Cl)cc2)c1. The Kier molecular flexibility index (Phi) is 8.01. The fraction of sp³-hybridized carbons (Fsp3) is 0.0435. The molecule has 0 bridgehead atoms. The molecule has 10 heteroatoms. The van der Waals surface area contributed by atoms with Gasteiger partial charge in [0.05, 0.1) is 23.9 Å². The monoisotopic (exact) mass is 485 g/mol. The van der Waals surface area contributed by atoms with Crippen LogP contribution in [0.2, 0.25) is 10.0 Å². The molecule has 0 aromatic heterocycles. The average Bonchev–Trinajstić information content (AvgIpc) is 2.80. The van der Waals surface area contributed by atoms with E-state index in [1.807, 2.05) is 0 Å². The lowest BCUT2D eigenvalue weighted by molar-refractivity contribution is -0.136. The van der Waals surface area contributed by atoms with E-state index in [0.29, 0.717) is 22.0 Å². The number of carbonyl (C=O) groups excluding carboxylic acids is 3. The molecule has 3 aromatic rings. The van der Waals surface area contributed by atoms with Crippen LogP contribution in [0.4, 0.5) is 5.69 Å². The third-order valence-electron chi connectivity index (χ3n) is 4.16. The van der Waals surface area contributed by atoms with Gasteiger partial charge in [-0.05, 0) is 60.2 Å². The van der Waals surface area contributed by atoms with Crippen molar-refractivity contribution in [2.75, 3.05) is 12.4 Å². The van der Waals surface area contributed by atoms with Crippen LogP contribution in [0, 0.1) is 0 Å². The Morgan fingerprint density at radius 1 is 0.909 bits per heavy atom. The van der Waals surface area contributed by atoms with Crippen molar-refractivity contribution in [3.63, 3.8) is 0 Å². The molecule has 0 aliphatic carbocycles. The molecule has 2 amide bonds. The maximum Gasteiger partial charge on any atom is 0.345 e. The Labute approximate surface area is 199 Å². The molecule has 3 aromatic carbocycles. The molecule has 0 saturated heterocycles. The Morgan fingerprint density at radius 3 is 2.36 bits per heavy atom. The summed E-state index contributed by atoms with van der Waals surface area (Å²) in [6.45, 7) is 0. The van der Waals surface area contributed by atoms with E-state index in [1.54, 1.807) is 48.5 Å². The number of amides is 2. The van der Waals surface area contributed by atoms with Crippen molar-refractivity contribution in [2.45, 2.75) is 0 Å². The summed E-state index contributed by atoms with van der Waals surface area (Å²) in [6, 6.07) is 17.3. The average molecular weight is 486 g/mol. The van der Waals surface area contributed by atoms with Gasteiger partial charge in [-0.15, -0.1) is 0 Å². The maximum absolute atomic E-state index is 12.2. The van der Waals surface area contributed by atoms with Gasteiger partial charge in [-0.3, -0.25) is 9.59 Å². The largest absolute Gasteiger partial charge is 0.497 e. The predicted molar refractivity (Wildman–Crippen MR) is 125 cm³/mol. The lowest BCUT2D eigenvalue weighted by atomic mass is 10.2. The number of carbonyl (C=O) groups is 3. The summed E-state index contributed by atoms with van der Waals surface area (Å²) in [5.41, 5.74) is 3.31. The molecule has 0 unspecified atom stereocenters. The highest BCUT2D eigenvalue weighted by molar-refractivity contribution is 6.39. The molecule has 8 nitrogen and oxygen atoms in total. The molecule has 2 N–H and O–H groups in total. The number of nitrogens with one attached hydrogen (secondary N) is 2. The number of esters is 1. The van der Waals surface area contributed by atoms with E-state index in [1.165, 1.54) is 31.5 Å². The summed E-state index contributed by atoms with van der Waals surface area (Å²) in [5, 5.41) is 6.78. The van der Waals surface area contributed by atoms with Crippen LogP contribution in [0.5, 0.6) is 11.5 Å². The van der Waals surface area contributed by atoms with Crippen molar-refractivity contribution >= 4 is 52.9 Å². The van der Waals surface area contributed by atoms with Crippen molar-refractivity contribution in [2.24, 2.45) is 5.10 Å². The number of ether oxygens (including phenoxy) is 2. The normalized spacial score (nSPS) is 10.5. The van der Waals surface area contributed by atoms with Gasteiger partial charge >= 0.3 is 17.8 Å². The summed E-state index contributed by atoms with van der Waals surface area (Å²) in [7, 11) is 1.49. The summed E-state index contributed by atoms with van der Waals surface area (Å²) in [4.78, 5) is 36.1. The van der Waals surface area contributed by atoms with Gasteiger partial charge in [0.2, 0.25) is 0 Å². The number of methoxy groups -OCH3 is 1. The number of benzene rings is 3. The van der Waals surface area contributed by atoms with Crippen LogP contribution in [-0.4, -0.2) is 31.1 Å². The molecule has 0 atom stereocenters. The second kappa shape index (κ2) is 11.1. The predicted octanol–water partition coefficient (Wildman–Crippen LogP) is 4.31. The number of hydrogen-bond donors (Lipinski definition) is 2. The lowest BCUT2D eigenvalue weighted by Gasteiger charge is -2.06. The van der Waals surface area contributed by atoms with Gasteiger partial charge in [0, 0.05) is 16.8 Å². The van der Waals surface area contributed by atoms with Crippen molar-refractivity contribution < 1.29 is 23.9 Å². The topological polar surface area (TPSA) is 106 Å². The summed E-state index contributed by atoms with van der Waals surface area (Å²) < 4.78 is 10.3. The van der Waals surface area contributed by atoms with Crippen molar-refractivity contribution in [3.05, 3.63) is 87.9 Å². The van der Waals surface area contributed by atoms with Crippen LogP contribution in [0.3, 0.4) is 0 Å². The van der Waals surface area contributed by atoms with Gasteiger partial charge in [0.25, 0.3) is 0 Å². The zero-order valence-corrected chi connectivity index (χ0v) is 18.7. The van der Waals surface area contributed by atoms with Gasteiger partial charge in [-0.1, -0.05) is 29.3 Å². The Bertz CT molecular complexity index is 1210. The molecular weight excluding hydrogens is 469 g/mol. The van der Waals surface area contributed by atoms with Crippen LogP contribution in [-0.2, 0) is 9.59 Å². The summed E-state index contributed by atoms with van der Waals surface area (Å²) >= 11 is 11.8. The fourth-order valence-corrected chi connectivity index (χ4v) is 3.03. The van der Waals surface area contributed by atoms with Crippen molar-refractivity contribution in [1.29, 1.82) is 0 Å². The minimum Gasteiger partial charge on any atom is -0.497 e. The molecule has 0 aliphatic rings. The van der Waals surface area contributed by atoms with E-state index < -0.39 is 17.8 Å². The second-order valence-electron chi connectivity index (χ2n) is 6.47. The van der Waals surface area contributed by atoms with Gasteiger partial charge in [-0.2, -0.15) is 5.10 Å². The van der Waals surface area contributed by atoms with Crippen molar-refractivity contribution in [3.8, 4) is 11.5 Å². The lowest BCUT2D eigenvalue weighted by Crippen LogP contribution is -2.32. The molecule has 168 valence electrons. The quantitative estimate of drug-likeness (QED) is 0.178. The number of nitrogens with zero attached hydrogens (tertiary/aromatic N) is 1. The highest BCUT2D eigenvalue weighted by Crippen LogP contribution is 2.23. The van der Waals surface area contributed by atoms with Gasteiger partial charge in [0.15, 0.2) is 0 Å². The minimum absolute atomic E-state index is 0.182. The molecule has 33 heavy (non-hydrogen) atoms. The van der Waals surface area contributed by atoms with E-state index in [-0.39, 0.29) is 16.3 Å². The van der Waals surface area contributed by atoms with Crippen LogP contribution in [0.25, 0.3) is 0 Å². The first-order chi connectivity index (χ1) is 15.9. The molecule has 0 radical (unpaired) electrons. The summed E-state index contributed by atoms with van der Waals surface area (Å²) in [5.74, 6) is -1.64. The van der Waals surface area contributed by atoms with E-state index in [4.69, 9.17) is 32.7 Å². The number of hydrogen-bond acceptors (Lipinski definition) is 6. The number of rotatable bonds is 6. The molecule has 0 saturated carbocycles. The molecule has 0 spiro atoms. The van der Waals surface area contributed by atoms with Crippen LogP contribution in [0.1, 0.15) is 15.9 Å². The highest BCUT2D eigenvalue weighted by atomic mass is 35.5. The number of hydrazone groups is 1. The van der Waals surface area contributed by atoms with E-state index >= 15 is 0 Å². The number of halogens is 2. The number of anilines is 1. The highest BCUT2D eigenvalue weighted by Gasteiger charge is 2.14. The third kappa shape index (κ3) is 6.80. The molecular formula is C23H17Cl2N3O5. The molecule has 0 fully saturated rings. The van der Waals surface area contributed by atoms with E-state index in [0.717, 1.165) is 0 Å². The van der Waals surface area contributed by atoms with Crippen LogP contribution in [0.15, 0.2) is 71.8 Å². The zero-order chi connectivity index (χ0) is 23.8. The molecule has 0 heterocycles. The third-order valence-corrected chi connectivity index (χ3v) is 4.70. The van der Waals surface area contributed by atoms with Gasteiger partial charge < -0.3 is 14.8 Å². The fourth-order valence-electron chi connectivity index (χ4n) is 2.54. The Balaban J connectivity index is 1.52. The molecule has 0 aliphatic heterocycles. The van der Waals surface area contributed by atoms with E-state index in [2.05, 4.69) is 15.8 Å². The van der Waals surface area contributed by atoms with Gasteiger partial charge in [-0.25, -0.2) is 10.2 Å². The Hall–Kier alpha value is -3.88. The summed E-state index contributed by atoms with van der Waals surface area (Å²) in [6.07, 6.45) is 1.33. The standard InChI is InChI=1S/C23H17Cl2N3O5/c1-32-18-4-2-3-16(12-18)27-21(29)22(30)28-26-13-14-5-8-17(9-6-14)33-23(31)19-10-7-15(24)11-20(19)25/h2-13H,1H3,(H,27,29)(H,28,30)/b26-13-. The first-order valence-corrected chi connectivity index (χ1v) is 10.2. The minimum atomic E-state index is -0.945. The van der Waals surface area contributed by atoms with E-state index in [9.17, 15) is 14.4 Å². The molecule has 3 rings (SSSR count). The zero-order valence-electron chi connectivity index (χ0n) is 17.2. The maximum atomic E-state index is 12.2.